The minimum Gasteiger partial charge on any atom is -0.478 e. The second-order valence-electron chi connectivity index (χ2n) is 21.2. The van der Waals surface area contributed by atoms with E-state index in [9.17, 15) is 9.90 Å². The topological polar surface area (TPSA) is 102 Å². The second-order valence-corrected chi connectivity index (χ2v) is 21.2. The summed E-state index contributed by atoms with van der Waals surface area (Å²) in [5.74, 6) is -0.0296. The van der Waals surface area contributed by atoms with Crippen LogP contribution in [0.15, 0.2) is 180 Å². The number of hydrogen-bond acceptors (Lipinski definition) is 4. The third kappa shape index (κ3) is 7.53. The molecule has 2 aromatic heterocycles. The number of aromatic carboxylic acids is 1. The van der Waals surface area contributed by atoms with Crippen LogP contribution in [-0.2, 0) is 16.2 Å². The molecule has 0 aliphatic carbocycles. The molecule has 1 unspecified atom stereocenters. The average Bonchev–Trinajstić information content (AvgIpc) is 4.18. The van der Waals surface area contributed by atoms with Crippen molar-refractivity contribution in [1.29, 1.82) is 0 Å². The van der Waals surface area contributed by atoms with Crippen LogP contribution < -0.4 is 20.8 Å². The van der Waals surface area contributed by atoms with Gasteiger partial charge in [-0.25, -0.2) is 9.79 Å². The molecule has 69 heavy (non-hydrogen) atoms. The van der Waals surface area contributed by atoms with Crippen molar-refractivity contribution in [1.82, 2.24) is 15.3 Å². The summed E-state index contributed by atoms with van der Waals surface area (Å²) < 4.78 is 7.17. The lowest BCUT2D eigenvalue weighted by atomic mass is 9.70. The van der Waals surface area contributed by atoms with Crippen molar-refractivity contribution in [2.24, 2.45) is 4.99 Å². The number of nitrogens with zero attached hydrogens (tertiary/aromatic N) is 1. The fraction of sp³-hybridized carbons (Fsp3) is 0.194. The Labute approximate surface area is 403 Å². The average molecular weight is 905 g/mol. The Morgan fingerprint density at radius 2 is 1.17 bits per heavy atom. The van der Waals surface area contributed by atoms with Crippen LogP contribution in [-0.4, -0.2) is 32.8 Å². The van der Waals surface area contributed by atoms with Gasteiger partial charge in [0.15, 0.2) is 0 Å². The molecule has 11 rings (SSSR count). The van der Waals surface area contributed by atoms with E-state index in [-0.39, 0.29) is 22.4 Å². The smallest absolute Gasteiger partial charge is 0.339 e. The number of nitrogens with one attached hydrogen (secondary N) is 3. The Hall–Kier alpha value is -7.90. The lowest BCUT2D eigenvalue weighted by Crippen LogP contribution is -2.31. The highest BCUT2D eigenvalue weighted by Crippen LogP contribution is 2.54. The van der Waals surface area contributed by atoms with Gasteiger partial charge < -0.3 is 25.1 Å². The molecular formula is C62H56N4O3. The van der Waals surface area contributed by atoms with Crippen LogP contribution in [0.25, 0.3) is 22.3 Å². The number of aliphatic imine (C=N–C) groups is 1. The Balaban J connectivity index is 1.23. The molecule has 6 heterocycles. The van der Waals surface area contributed by atoms with Crippen LogP contribution in [0.5, 0.6) is 11.5 Å². The van der Waals surface area contributed by atoms with Crippen molar-refractivity contribution < 1.29 is 14.6 Å². The van der Waals surface area contributed by atoms with Gasteiger partial charge in [-0.3, -0.25) is 0 Å². The van der Waals surface area contributed by atoms with E-state index in [1.165, 1.54) is 0 Å². The Bertz CT molecular complexity index is 3550. The molecule has 0 radical (unpaired) electrons. The highest BCUT2D eigenvalue weighted by Gasteiger charge is 2.41. The van der Waals surface area contributed by atoms with Crippen LogP contribution in [0, 0.1) is 0 Å². The van der Waals surface area contributed by atoms with E-state index in [0.29, 0.717) is 11.5 Å². The number of aromatic nitrogens is 2. The summed E-state index contributed by atoms with van der Waals surface area (Å²) >= 11 is 0. The number of rotatable bonds is 5. The monoisotopic (exact) mass is 904 g/mol. The minimum absolute atomic E-state index is 0.151. The number of carboxylic acid groups (broad SMARTS) is 1. The van der Waals surface area contributed by atoms with Crippen molar-refractivity contribution >= 4 is 34.0 Å². The fourth-order valence-electron chi connectivity index (χ4n) is 10.3. The third-order valence-corrected chi connectivity index (χ3v) is 14.1. The summed E-state index contributed by atoms with van der Waals surface area (Å²) in [6.45, 7) is 17.5. The first-order valence-electron chi connectivity index (χ1n) is 23.8. The number of H-pyrrole nitrogens is 2. The Morgan fingerprint density at radius 3 is 1.80 bits per heavy atom. The van der Waals surface area contributed by atoms with Gasteiger partial charge in [-0.1, -0.05) is 165 Å². The third-order valence-electron chi connectivity index (χ3n) is 14.1. The van der Waals surface area contributed by atoms with Gasteiger partial charge in [0.05, 0.1) is 17.5 Å². The molecule has 0 amide bonds. The fourth-order valence-corrected chi connectivity index (χ4v) is 10.3. The van der Waals surface area contributed by atoms with Crippen LogP contribution in [0.4, 0.5) is 0 Å². The summed E-state index contributed by atoms with van der Waals surface area (Å²) in [7, 11) is 0. The number of benzene rings is 5. The predicted molar refractivity (Wildman–Crippen MR) is 279 cm³/mol. The maximum absolute atomic E-state index is 13.3. The lowest BCUT2D eigenvalue weighted by molar-refractivity contribution is 0.0693. The molecule has 5 aromatic carbocycles. The first-order valence-corrected chi connectivity index (χ1v) is 23.8. The van der Waals surface area contributed by atoms with Gasteiger partial charge in [0, 0.05) is 72.2 Å². The highest BCUT2D eigenvalue weighted by atomic mass is 16.5. The summed E-state index contributed by atoms with van der Waals surface area (Å²) in [5, 5.41) is 16.9. The number of fused-ring (bicyclic) bond motifs is 9. The van der Waals surface area contributed by atoms with Gasteiger partial charge in [-0.05, 0) is 93.3 Å². The van der Waals surface area contributed by atoms with Crippen LogP contribution in [0.1, 0.15) is 122 Å². The van der Waals surface area contributed by atoms with Crippen LogP contribution >= 0.6 is 0 Å². The molecule has 8 bridgehead atoms. The van der Waals surface area contributed by atoms with Crippen molar-refractivity contribution in [3.63, 3.8) is 0 Å². The number of carbonyl (C=O) groups is 1. The Morgan fingerprint density at radius 1 is 0.609 bits per heavy atom. The first-order chi connectivity index (χ1) is 33.0. The van der Waals surface area contributed by atoms with Gasteiger partial charge in [-0.2, -0.15) is 0 Å². The minimum atomic E-state index is -1.02. The highest BCUT2D eigenvalue weighted by molar-refractivity contribution is 6.32. The SMILES string of the molecule is CC(C)(C)c1cc(C(=O)O)c2c(c1)C(C)(C)c1cc(C(C)(C)C)cc(/C3=C4\C=CC(N4)/C(c4ccccc4)=c4/cc/c([nH]4)=C(\c4ccccc4)c4ccc([nH]4)/C(c4ccccc4)=C4/C=CC3=N4)c1O2. The molecule has 0 saturated heterocycles. The summed E-state index contributed by atoms with van der Waals surface area (Å²) in [5.41, 5.74) is 15.2. The number of carboxylic acids is 1. The van der Waals surface area contributed by atoms with E-state index >= 15 is 0 Å². The van der Waals surface area contributed by atoms with E-state index < -0.39 is 11.4 Å². The van der Waals surface area contributed by atoms with E-state index in [2.05, 4.69) is 222 Å². The Kier molecular flexibility index (Phi) is 10.2. The standard InChI is InChI=1S/C62H56N4O3/c1-60(2,3)39-32-41(57-43(34-39)62(7,8)44-35-40(61(4,5)6)33-42(59(67)68)58(44)69-57)56-51-30-28-49(65-51)54(37-20-14-10-15-21-37)47-26-24-45(63-47)53(36-18-12-9-13-19-36)46-25-27-48(64-46)55(38-22-16-11-17-23-38)50-29-31-52(56)66-50/h9-35,49,63-65H,1-8H3,(H,67,68)/b53-45-,54-47-,55-50-,56-51-. The van der Waals surface area contributed by atoms with E-state index in [0.717, 1.165) is 106 Å². The van der Waals surface area contributed by atoms with Crippen LogP contribution in [0.2, 0.25) is 0 Å². The van der Waals surface area contributed by atoms with E-state index in [1.54, 1.807) is 6.07 Å². The van der Waals surface area contributed by atoms with Gasteiger partial charge in [-0.15, -0.1) is 0 Å². The molecule has 0 saturated carbocycles. The van der Waals surface area contributed by atoms with Crippen molar-refractivity contribution in [2.45, 2.75) is 77.7 Å². The van der Waals surface area contributed by atoms with E-state index in [1.807, 2.05) is 6.07 Å². The molecule has 4 aliphatic rings. The molecule has 7 aromatic rings. The summed E-state index contributed by atoms with van der Waals surface area (Å²) in [6, 6.07) is 48.4. The summed E-state index contributed by atoms with van der Waals surface area (Å²) in [4.78, 5) is 26.7. The zero-order valence-corrected chi connectivity index (χ0v) is 40.4. The van der Waals surface area contributed by atoms with E-state index in [4.69, 9.17) is 9.73 Å². The number of allylic oxidation sites excluding steroid dienone is 4. The van der Waals surface area contributed by atoms with Crippen molar-refractivity contribution in [2.75, 3.05) is 0 Å². The quantitative estimate of drug-likeness (QED) is 0.138. The molecule has 7 heteroatoms. The normalized spacial score (nSPS) is 20.8. The molecule has 4 N–H and O–H groups in total. The van der Waals surface area contributed by atoms with Gasteiger partial charge in [0.2, 0.25) is 0 Å². The zero-order valence-electron chi connectivity index (χ0n) is 40.4. The molecule has 342 valence electrons. The van der Waals surface area contributed by atoms with Gasteiger partial charge in [0.1, 0.15) is 17.1 Å². The lowest BCUT2D eigenvalue weighted by Gasteiger charge is -2.39. The zero-order chi connectivity index (χ0) is 48.0. The largest absolute Gasteiger partial charge is 0.478 e. The number of hydrogen-bond donors (Lipinski definition) is 4. The molecule has 0 fully saturated rings. The maximum atomic E-state index is 13.3. The molecule has 7 nitrogen and oxygen atoms in total. The first kappa shape index (κ1) is 43.7. The number of ether oxygens (including phenoxy) is 1. The molecule has 1 atom stereocenters. The molecular weight excluding hydrogens is 849 g/mol. The second kappa shape index (κ2) is 16.1. The molecule has 4 aliphatic heterocycles. The van der Waals surface area contributed by atoms with Crippen LogP contribution in [0.3, 0.4) is 0 Å². The predicted octanol–water partition coefficient (Wildman–Crippen LogP) is 12.2. The van der Waals surface area contributed by atoms with Gasteiger partial charge in [0.25, 0.3) is 0 Å². The number of aromatic amines is 2. The summed E-state index contributed by atoms with van der Waals surface area (Å²) in [6.07, 6.45) is 8.64. The maximum Gasteiger partial charge on any atom is 0.339 e. The van der Waals surface area contributed by atoms with Crippen molar-refractivity contribution in [3.8, 4) is 11.5 Å². The van der Waals surface area contributed by atoms with Crippen molar-refractivity contribution in [3.05, 3.63) is 247 Å². The molecule has 0 spiro atoms. The van der Waals surface area contributed by atoms with Gasteiger partial charge >= 0.3 is 5.97 Å².